The second-order valence-electron chi connectivity index (χ2n) is 5.01. The third-order valence-corrected chi connectivity index (χ3v) is 3.69. The fraction of sp³-hybridized carbons (Fsp3) is 0.400. The Kier molecular flexibility index (Phi) is 4.50. The molecular formula is C15H20N2S. The largest absolute Gasteiger partial charge is 0.330 e. The van der Waals surface area contributed by atoms with Crippen molar-refractivity contribution in [1.29, 1.82) is 0 Å². The van der Waals surface area contributed by atoms with Crippen LogP contribution >= 0.6 is 11.5 Å². The molecule has 0 atom stereocenters. The van der Waals surface area contributed by atoms with E-state index in [1.807, 2.05) is 0 Å². The minimum atomic E-state index is 0.689. The van der Waals surface area contributed by atoms with Gasteiger partial charge in [0.25, 0.3) is 0 Å². The third kappa shape index (κ3) is 3.40. The van der Waals surface area contributed by atoms with Crippen LogP contribution in [0.2, 0.25) is 0 Å². The molecule has 96 valence electrons. The van der Waals surface area contributed by atoms with Crippen LogP contribution in [0.1, 0.15) is 24.3 Å². The van der Waals surface area contributed by atoms with Crippen molar-refractivity contribution >= 4 is 11.5 Å². The Morgan fingerprint density at radius 2 is 1.94 bits per heavy atom. The predicted octanol–water partition coefficient (Wildman–Crippen LogP) is 3.51. The first-order valence-electron chi connectivity index (χ1n) is 6.44. The molecule has 0 aliphatic heterocycles. The van der Waals surface area contributed by atoms with Gasteiger partial charge in [-0.1, -0.05) is 38.1 Å². The summed E-state index contributed by atoms with van der Waals surface area (Å²) >= 11 is 1.55. The molecule has 1 heterocycles. The summed E-state index contributed by atoms with van der Waals surface area (Å²) in [7, 11) is 0. The summed E-state index contributed by atoms with van der Waals surface area (Å²) in [6, 6.07) is 10.9. The minimum Gasteiger partial charge on any atom is -0.330 e. The van der Waals surface area contributed by atoms with Crippen LogP contribution in [-0.2, 0) is 12.8 Å². The molecule has 1 aromatic heterocycles. The summed E-state index contributed by atoms with van der Waals surface area (Å²) in [5.74, 6) is 0.700. The lowest BCUT2D eigenvalue weighted by molar-refractivity contribution is 0.647. The van der Waals surface area contributed by atoms with E-state index in [1.54, 1.807) is 11.5 Å². The van der Waals surface area contributed by atoms with Gasteiger partial charge < -0.3 is 5.73 Å². The number of hydrogen-bond acceptors (Lipinski definition) is 3. The van der Waals surface area contributed by atoms with Crippen LogP contribution < -0.4 is 5.73 Å². The van der Waals surface area contributed by atoms with E-state index >= 15 is 0 Å². The standard InChI is InChI=1S/C15H20N2S/c1-11(2)9-12-3-5-13(6-4-12)15-10-14(7-8-16)18-17-15/h3-6,10-11H,7-9,16H2,1-2H3. The highest BCUT2D eigenvalue weighted by Gasteiger charge is 2.04. The molecule has 18 heavy (non-hydrogen) atoms. The van der Waals surface area contributed by atoms with Crippen LogP contribution in [0, 0.1) is 5.92 Å². The molecule has 0 spiro atoms. The van der Waals surface area contributed by atoms with Crippen LogP contribution in [0.4, 0.5) is 0 Å². The highest BCUT2D eigenvalue weighted by Crippen LogP contribution is 2.23. The van der Waals surface area contributed by atoms with Crippen LogP contribution in [0.5, 0.6) is 0 Å². The van der Waals surface area contributed by atoms with E-state index in [9.17, 15) is 0 Å². The summed E-state index contributed by atoms with van der Waals surface area (Å²) in [6.45, 7) is 5.18. The molecule has 0 aliphatic carbocycles. The van der Waals surface area contributed by atoms with Crippen molar-refractivity contribution in [2.75, 3.05) is 6.54 Å². The SMILES string of the molecule is CC(C)Cc1ccc(-c2cc(CCN)sn2)cc1. The summed E-state index contributed by atoms with van der Waals surface area (Å²) < 4.78 is 4.48. The van der Waals surface area contributed by atoms with Crippen LogP contribution in [0.25, 0.3) is 11.3 Å². The molecule has 0 amide bonds. The van der Waals surface area contributed by atoms with Gasteiger partial charge >= 0.3 is 0 Å². The Balaban J connectivity index is 2.12. The second-order valence-corrected chi connectivity index (χ2v) is 5.90. The number of rotatable bonds is 5. The zero-order chi connectivity index (χ0) is 13.0. The maximum atomic E-state index is 5.55. The summed E-state index contributed by atoms with van der Waals surface area (Å²) in [6.07, 6.45) is 2.05. The molecule has 0 aliphatic rings. The average molecular weight is 260 g/mol. The molecule has 2 N–H and O–H groups in total. The van der Waals surface area contributed by atoms with Gasteiger partial charge in [-0.2, -0.15) is 4.37 Å². The Labute approximate surface area is 113 Å². The lowest BCUT2D eigenvalue weighted by atomic mass is 10.0. The topological polar surface area (TPSA) is 38.9 Å². The molecule has 3 heteroatoms. The van der Waals surface area contributed by atoms with E-state index in [-0.39, 0.29) is 0 Å². The van der Waals surface area contributed by atoms with E-state index < -0.39 is 0 Å². The lowest BCUT2D eigenvalue weighted by Crippen LogP contribution is -2.00. The molecule has 1 aromatic carbocycles. The monoisotopic (exact) mass is 260 g/mol. The van der Waals surface area contributed by atoms with Crippen LogP contribution in [0.15, 0.2) is 30.3 Å². The normalized spacial score (nSPS) is 11.1. The lowest BCUT2D eigenvalue weighted by Gasteiger charge is -2.05. The summed E-state index contributed by atoms with van der Waals surface area (Å²) in [4.78, 5) is 1.26. The molecule has 2 nitrogen and oxygen atoms in total. The molecular weight excluding hydrogens is 240 g/mol. The van der Waals surface area contributed by atoms with Crippen molar-refractivity contribution < 1.29 is 0 Å². The van der Waals surface area contributed by atoms with Gasteiger partial charge in [0.2, 0.25) is 0 Å². The first-order chi connectivity index (χ1) is 8.69. The van der Waals surface area contributed by atoms with Crippen LogP contribution in [-0.4, -0.2) is 10.9 Å². The fourth-order valence-electron chi connectivity index (χ4n) is 1.99. The van der Waals surface area contributed by atoms with Crippen molar-refractivity contribution in [3.8, 4) is 11.3 Å². The van der Waals surface area contributed by atoms with Crippen molar-refractivity contribution in [2.24, 2.45) is 11.7 Å². The van der Waals surface area contributed by atoms with Crippen molar-refractivity contribution in [2.45, 2.75) is 26.7 Å². The molecule has 0 bridgehead atoms. The van der Waals surface area contributed by atoms with Gasteiger partial charge in [0, 0.05) is 10.4 Å². The number of hydrogen-bond donors (Lipinski definition) is 1. The van der Waals surface area contributed by atoms with Gasteiger partial charge in [-0.15, -0.1) is 0 Å². The van der Waals surface area contributed by atoms with Gasteiger partial charge in [0.05, 0.1) is 5.69 Å². The maximum Gasteiger partial charge on any atom is 0.0843 e. The molecule has 0 saturated carbocycles. The van der Waals surface area contributed by atoms with E-state index in [2.05, 4.69) is 48.6 Å². The van der Waals surface area contributed by atoms with E-state index in [1.165, 1.54) is 16.0 Å². The van der Waals surface area contributed by atoms with Gasteiger partial charge in [-0.25, -0.2) is 0 Å². The highest BCUT2D eigenvalue weighted by molar-refractivity contribution is 7.06. The third-order valence-electron chi connectivity index (χ3n) is 2.84. The zero-order valence-electron chi connectivity index (χ0n) is 11.0. The Bertz CT molecular complexity index is 485. The number of benzene rings is 1. The van der Waals surface area contributed by atoms with Gasteiger partial charge in [-0.3, -0.25) is 0 Å². The zero-order valence-corrected chi connectivity index (χ0v) is 11.8. The van der Waals surface area contributed by atoms with E-state index in [0.717, 1.165) is 18.5 Å². The van der Waals surface area contributed by atoms with Crippen molar-refractivity contribution in [1.82, 2.24) is 4.37 Å². The number of nitrogens with zero attached hydrogens (tertiary/aromatic N) is 1. The van der Waals surface area contributed by atoms with Gasteiger partial charge in [0.1, 0.15) is 0 Å². The predicted molar refractivity (Wildman–Crippen MR) is 78.9 cm³/mol. The molecule has 0 saturated heterocycles. The van der Waals surface area contributed by atoms with Crippen molar-refractivity contribution in [3.05, 3.63) is 40.8 Å². The highest BCUT2D eigenvalue weighted by atomic mass is 32.1. The molecule has 2 rings (SSSR count). The Morgan fingerprint density at radius 1 is 1.22 bits per heavy atom. The van der Waals surface area contributed by atoms with Gasteiger partial charge in [0.15, 0.2) is 0 Å². The van der Waals surface area contributed by atoms with E-state index in [4.69, 9.17) is 5.73 Å². The maximum absolute atomic E-state index is 5.55. The molecule has 2 aromatic rings. The minimum absolute atomic E-state index is 0.689. The summed E-state index contributed by atoms with van der Waals surface area (Å²) in [5, 5.41) is 0. The fourth-order valence-corrected chi connectivity index (χ4v) is 2.74. The summed E-state index contributed by atoms with van der Waals surface area (Å²) in [5.41, 5.74) is 9.21. The Morgan fingerprint density at radius 3 is 2.56 bits per heavy atom. The molecule has 0 unspecified atom stereocenters. The van der Waals surface area contributed by atoms with Gasteiger partial charge in [-0.05, 0) is 48.5 Å². The average Bonchev–Trinajstić information content (AvgIpc) is 2.78. The number of aromatic nitrogens is 1. The first-order valence-corrected chi connectivity index (χ1v) is 7.21. The smallest absolute Gasteiger partial charge is 0.0843 e. The quantitative estimate of drug-likeness (QED) is 0.893. The number of nitrogens with two attached hydrogens (primary N) is 1. The molecule has 0 radical (unpaired) electrons. The van der Waals surface area contributed by atoms with Crippen LogP contribution in [0.3, 0.4) is 0 Å². The first kappa shape index (κ1) is 13.2. The molecule has 0 fully saturated rings. The Hall–Kier alpha value is -1.19. The van der Waals surface area contributed by atoms with E-state index in [0.29, 0.717) is 12.5 Å². The second kappa shape index (κ2) is 6.12. The van der Waals surface area contributed by atoms with Crippen molar-refractivity contribution in [3.63, 3.8) is 0 Å².